The second-order valence-corrected chi connectivity index (χ2v) is 3.41. The van der Waals surface area contributed by atoms with Crippen molar-refractivity contribution in [2.75, 3.05) is 7.05 Å². The SMILES string of the molecule is CNC(=O)Cc1cccc(CN=C(N)N)c1. The van der Waals surface area contributed by atoms with E-state index in [0.717, 1.165) is 11.1 Å². The number of guanidine groups is 1. The van der Waals surface area contributed by atoms with E-state index >= 15 is 0 Å². The number of likely N-dealkylation sites (N-methyl/N-ethyl adjacent to an activating group) is 1. The highest BCUT2D eigenvalue weighted by Crippen LogP contribution is 2.07. The number of nitrogens with one attached hydrogen (secondary N) is 1. The molecule has 0 aliphatic rings. The molecule has 5 nitrogen and oxygen atoms in total. The summed E-state index contributed by atoms with van der Waals surface area (Å²) in [6.07, 6.45) is 0.367. The lowest BCUT2D eigenvalue weighted by Gasteiger charge is -2.03. The number of benzene rings is 1. The number of aliphatic imine (C=N–C) groups is 1. The second kappa shape index (κ2) is 5.75. The molecular formula is C11H16N4O. The van der Waals surface area contributed by atoms with Crippen LogP contribution in [-0.4, -0.2) is 18.9 Å². The summed E-state index contributed by atoms with van der Waals surface area (Å²) in [6.45, 7) is 0.434. The first-order valence-electron chi connectivity index (χ1n) is 4.95. The Labute approximate surface area is 94.5 Å². The lowest BCUT2D eigenvalue weighted by molar-refractivity contribution is -0.119. The van der Waals surface area contributed by atoms with E-state index < -0.39 is 0 Å². The first-order valence-corrected chi connectivity index (χ1v) is 4.95. The van der Waals surface area contributed by atoms with Gasteiger partial charge in [-0.1, -0.05) is 24.3 Å². The van der Waals surface area contributed by atoms with Gasteiger partial charge in [-0.2, -0.15) is 0 Å². The number of rotatable bonds is 4. The lowest BCUT2D eigenvalue weighted by Crippen LogP contribution is -2.22. The van der Waals surface area contributed by atoms with Gasteiger partial charge in [0.15, 0.2) is 5.96 Å². The molecule has 0 fully saturated rings. The summed E-state index contributed by atoms with van der Waals surface area (Å²) >= 11 is 0. The van der Waals surface area contributed by atoms with E-state index in [1.807, 2.05) is 24.3 Å². The number of carbonyl (C=O) groups excluding carboxylic acids is 1. The third-order valence-corrected chi connectivity index (χ3v) is 2.08. The van der Waals surface area contributed by atoms with Gasteiger partial charge in [0.1, 0.15) is 0 Å². The molecule has 5 heteroatoms. The van der Waals surface area contributed by atoms with Crippen molar-refractivity contribution in [1.82, 2.24) is 5.32 Å². The molecule has 0 bridgehead atoms. The molecule has 86 valence electrons. The molecule has 5 N–H and O–H groups in total. The molecule has 1 rings (SSSR count). The smallest absolute Gasteiger partial charge is 0.224 e. The minimum absolute atomic E-state index is 0.0148. The topological polar surface area (TPSA) is 93.5 Å². The van der Waals surface area contributed by atoms with Gasteiger partial charge in [0, 0.05) is 7.05 Å². The highest BCUT2D eigenvalue weighted by Gasteiger charge is 2.01. The molecule has 0 aromatic heterocycles. The third kappa shape index (κ3) is 4.00. The average Bonchev–Trinajstić information content (AvgIpc) is 2.26. The van der Waals surface area contributed by atoms with Crippen molar-refractivity contribution in [3.63, 3.8) is 0 Å². The van der Waals surface area contributed by atoms with Crippen LogP contribution >= 0.6 is 0 Å². The van der Waals surface area contributed by atoms with Crippen LogP contribution in [0, 0.1) is 0 Å². The maximum atomic E-state index is 11.2. The third-order valence-electron chi connectivity index (χ3n) is 2.08. The maximum absolute atomic E-state index is 11.2. The van der Waals surface area contributed by atoms with Crippen LogP contribution in [0.2, 0.25) is 0 Å². The molecule has 0 spiro atoms. The van der Waals surface area contributed by atoms with Crippen LogP contribution in [-0.2, 0) is 17.8 Å². The van der Waals surface area contributed by atoms with Gasteiger partial charge in [-0.25, -0.2) is 4.99 Å². The first-order chi connectivity index (χ1) is 7.61. The molecular weight excluding hydrogens is 204 g/mol. The van der Waals surface area contributed by atoms with Crippen LogP contribution in [0.15, 0.2) is 29.3 Å². The molecule has 0 heterocycles. The fourth-order valence-electron chi connectivity index (χ4n) is 1.29. The van der Waals surface area contributed by atoms with E-state index in [1.54, 1.807) is 7.05 Å². The first kappa shape index (κ1) is 12.0. The van der Waals surface area contributed by atoms with Crippen LogP contribution < -0.4 is 16.8 Å². The van der Waals surface area contributed by atoms with Crippen LogP contribution in [0.5, 0.6) is 0 Å². The Kier molecular flexibility index (Phi) is 4.32. The van der Waals surface area contributed by atoms with Gasteiger partial charge in [-0.05, 0) is 11.1 Å². The lowest BCUT2D eigenvalue weighted by atomic mass is 10.1. The Hall–Kier alpha value is -2.04. The van der Waals surface area contributed by atoms with Crippen molar-refractivity contribution >= 4 is 11.9 Å². The number of nitrogens with zero attached hydrogens (tertiary/aromatic N) is 1. The van der Waals surface area contributed by atoms with Crippen molar-refractivity contribution < 1.29 is 4.79 Å². The summed E-state index contributed by atoms with van der Waals surface area (Å²) in [6, 6.07) is 7.62. The van der Waals surface area contributed by atoms with E-state index in [2.05, 4.69) is 10.3 Å². The molecule has 0 aliphatic heterocycles. The average molecular weight is 220 g/mol. The molecule has 0 atom stereocenters. The quantitative estimate of drug-likeness (QED) is 0.482. The van der Waals surface area contributed by atoms with Gasteiger partial charge in [0.05, 0.1) is 13.0 Å². The second-order valence-electron chi connectivity index (χ2n) is 3.41. The summed E-state index contributed by atoms with van der Waals surface area (Å²) in [5.41, 5.74) is 12.4. The van der Waals surface area contributed by atoms with E-state index in [9.17, 15) is 4.79 Å². The van der Waals surface area contributed by atoms with Gasteiger partial charge in [-0.3, -0.25) is 4.79 Å². The maximum Gasteiger partial charge on any atom is 0.224 e. The van der Waals surface area contributed by atoms with Gasteiger partial charge >= 0.3 is 0 Å². The summed E-state index contributed by atoms with van der Waals surface area (Å²) in [4.78, 5) is 15.1. The fraction of sp³-hybridized carbons (Fsp3) is 0.273. The Morgan fingerprint density at radius 2 is 2.06 bits per heavy atom. The Morgan fingerprint density at radius 1 is 1.38 bits per heavy atom. The molecule has 1 aromatic rings. The van der Waals surface area contributed by atoms with Crippen LogP contribution in [0.4, 0.5) is 0 Å². The summed E-state index contributed by atoms with van der Waals surface area (Å²) < 4.78 is 0. The molecule has 16 heavy (non-hydrogen) atoms. The zero-order valence-corrected chi connectivity index (χ0v) is 9.23. The van der Waals surface area contributed by atoms with E-state index in [1.165, 1.54) is 0 Å². The van der Waals surface area contributed by atoms with Crippen molar-refractivity contribution in [2.45, 2.75) is 13.0 Å². The van der Waals surface area contributed by atoms with Gasteiger partial charge in [-0.15, -0.1) is 0 Å². The predicted octanol–water partition coefficient (Wildman–Crippen LogP) is -0.252. The summed E-state index contributed by atoms with van der Waals surface area (Å²) in [7, 11) is 1.62. The van der Waals surface area contributed by atoms with Gasteiger partial charge < -0.3 is 16.8 Å². The predicted molar refractivity (Wildman–Crippen MR) is 63.7 cm³/mol. The molecule has 1 aromatic carbocycles. The van der Waals surface area contributed by atoms with Crippen molar-refractivity contribution in [3.05, 3.63) is 35.4 Å². The Morgan fingerprint density at radius 3 is 2.69 bits per heavy atom. The van der Waals surface area contributed by atoms with Crippen molar-refractivity contribution in [3.8, 4) is 0 Å². The Bertz CT molecular complexity index is 397. The largest absolute Gasteiger partial charge is 0.370 e. The van der Waals surface area contributed by atoms with E-state index in [4.69, 9.17) is 11.5 Å². The zero-order chi connectivity index (χ0) is 12.0. The van der Waals surface area contributed by atoms with E-state index in [0.29, 0.717) is 13.0 Å². The molecule has 1 amide bonds. The van der Waals surface area contributed by atoms with Crippen molar-refractivity contribution in [2.24, 2.45) is 16.5 Å². The monoisotopic (exact) mass is 220 g/mol. The van der Waals surface area contributed by atoms with Crippen LogP contribution in [0.1, 0.15) is 11.1 Å². The number of hydrogen-bond donors (Lipinski definition) is 3. The molecule has 0 aliphatic carbocycles. The molecule has 0 saturated carbocycles. The van der Waals surface area contributed by atoms with Crippen molar-refractivity contribution in [1.29, 1.82) is 0 Å². The van der Waals surface area contributed by atoms with Crippen LogP contribution in [0.25, 0.3) is 0 Å². The fourth-order valence-corrected chi connectivity index (χ4v) is 1.29. The molecule has 0 radical (unpaired) electrons. The highest BCUT2D eigenvalue weighted by molar-refractivity contribution is 5.78. The minimum atomic E-state index is -0.0148. The number of hydrogen-bond acceptors (Lipinski definition) is 2. The van der Waals surface area contributed by atoms with Crippen LogP contribution in [0.3, 0.4) is 0 Å². The van der Waals surface area contributed by atoms with E-state index in [-0.39, 0.29) is 11.9 Å². The Balaban J connectivity index is 2.71. The summed E-state index contributed by atoms with van der Waals surface area (Å²) in [5, 5.41) is 2.58. The number of carbonyl (C=O) groups is 1. The number of amides is 1. The summed E-state index contributed by atoms with van der Waals surface area (Å²) in [5.74, 6) is 0.0516. The van der Waals surface area contributed by atoms with Gasteiger partial charge in [0.25, 0.3) is 0 Å². The normalized spacial score (nSPS) is 9.56. The standard InChI is InChI=1S/C11H16N4O/c1-14-10(16)6-8-3-2-4-9(5-8)7-15-11(12)13/h2-5H,6-7H2,1H3,(H,14,16)(H4,12,13,15). The zero-order valence-electron chi connectivity index (χ0n) is 9.23. The minimum Gasteiger partial charge on any atom is -0.370 e. The molecule has 0 saturated heterocycles. The highest BCUT2D eigenvalue weighted by atomic mass is 16.1. The number of nitrogens with two attached hydrogens (primary N) is 2. The van der Waals surface area contributed by atoms with Gasteiger partial charge in [0.2, 0.25) is 5.91 Å². The molecule has 0 unspecified atom stereocenters.